The van der Waals surface area contributed by atoms with E-state index in [0.717, 1.165) is 17.5 Å². The number of hydrogen-bond acceptors (Lipinski definition) is 3. The van der Waals surface area contributed by atoms with E-state index in [9.17, 15) is 14.4 Å². The first-order chi connectivity index (χ1) is 12.9. The Morgan fingerprint density at radius 1 is 1.15 bits per heavy atom. The molecule has 1 aromatic carbocycles. The maximum absolute atomic E-state index is 12.5. The van der Waals surface area contributed by atoms with Crippen LogP contribution in [0, 0.1) is 25.7 Å². The van der Waals surface area contributed by atoms with Gasteiger partial charge in [0.2, 0.25) is 17.7 Å². The summed E-state index contributed by atoms with van der Waals surface area (Å²) >= 11 is 0. The molecule has 3 amide bonds. The molecule has 1 N–H and O–H groups in total. The molecule has 1 aliphatic heterocycles. The third kappa shape index (κ3) is 3.97. The highest BCUT2D eigenvalue weighted by molar-refractivity contribution is 6.05. The van der Waals surface area contributed by atoms with Crippen molar-refractivity contribution in [2.45, 2.75) is 52.5 Å². The van der Waals surface area contributed by atoms with Gasteiger partial charge in [0.25, 0.3) is 0 Å². The molecule has 1 aromatic rings. The van der Waals surface area contributed by atoms with E-state index in [1.54, 1.807) is 0 Å². The van der Waals surface area contributed by atoms with Gasteiger partial charge in [0, 0.05) is 13.0 Å². The van der Waals surface area contributed by atoms with E-state index < -0.39 is 0 Å². The number of amides is 3. The highest BCUT2D eigenvalue weighted by Gasteiger charge is 2.46. The van der Waals surface area contributed by atoms with Gasteiger partial charge in [-0.2, -0.15) is 0 Å². The van der Waals surface area contributed by atoms with Gasteiger partial charge < -0.3 is 5.32 Å². The van der Waals surface area contributed by atoms with Crippen molar-refractivity contribution in [3.8, 4) is 0 Å². The van der Waals surface area contributed by atoms with E-state index in [1.165, 1.54) is 10.5 Å². The van der Waals surface area contributed by atoms with Gasteiger partial charge in [0.05, 0.1) is 17.9 Å². The smallest absolute Gasteiger partial charge is 0.233 e. The van der Waals surface area contributed by atoms with Crippen molar-refractivity contribution in [1.29, 1.82) is 0 Å². The van der Waals surface area contributed by atoms with Gasteiger partial charge in [0.1, 0.15) is 0 Å². The molecule has 5 nitrogen and oxygen atoms in total. The number of carbonyl (C=O) groups excluding carboxylic acids is 3. The summed E-state index contributed by atoms with van der Waals surface area (Å²) in [4.78, 5) is 38.7. The van der Waals surface area contributed by atoms with E-state index in [4.69, 9.17) is 0 Å². The van der Waals surface area contributed by atoms with Crippen molar-refractivity contribution in [3.63, 3.8) is 0 Å². The molecule has 0 aromatic heterocycles. The van der Waals surface area contributed by atoms with Crippen LogP contribution in [0.15, 0.2) is 30.4 Å². The molecule has 5 heteroatoms. The van der Waals surface area contributed by atoms with Crippen LogP contribution in [0.1, 0.15) is 55.3 Å². The first kappa shape index (κ1) is 19.3. The zero-order valence-corrected chi connectivity index (χ0v) is 16.3. The molecule has 1 saturated heterocycles. The van der Waals surface area contributed by atoms with Gasteiger partial charge >= 0.3 is 0 Å². The topological polar surface area (TPSA) is 66.5 Å². The molecule has 3 rings (SSSR count). The number of nitrogens with one attached hydrogen (secondary N) is 1. The molecule has 1 unspecified atom stereocenters. The third-order valence-electron chi connectivity index (χ3n) is 5.71. The second kappa shape index (κ2) is 8.07. The molecule has 144 valence electrons. The molecule has 1 fully saturated rings. The Morgan fingerprint density at radius 2 is 1.78 bits per heavy atom. The number of imide groups is 1. The number of allylic oxidation sites excluding steroid dienone is 2. The second-order valence-corrected chi connectivity index (χ2v) is 7.62. The number of benzene rings is 1. The monoisotopic (exact) mass is 368 g/mol. The van der Waals surface area contributed by atoms with E-state index in [1.807, 2.05) is 26.0 Å². The Kier molecular flexibility index (Phi) is 5.78. The Hall–Kier alpha value is -2.43. The number of likely N-dealkylation sites (tertiary alicyclic amines) is 1. The highest BCUT2D eigenvalue weighted by Crippen LogP contribution is 2.35. The van der Waals surface area contributed by atoms with Crippen LogP contribution < -0.4 is 5.32 Å². The van der Waals surface area contributed by atoms with E-state index in [2.05, 4.69) is 30.4 Å². The minimum atomic E-state index is -0.232. The molecule has 0 spiro atoms. The highest BCUT2D eigenvalue weighted by atomic mass is 16.2. The average molecular weight is 368 g/mol. The average Bonchev–Trinajstić information content (AvgIpc) is 2.89. The van der Waals surface area contributed by atoms with E-state index in [-0.39, 0.29) is 48.6 Å². The first-order valence-corrected chi connectivity index (χ1v) is 9.79. The Bertz CT molecular complexity index is 758. The Labute approximate surface area is 160 Å². The summed E-state index contributed by atoms with van der Waals surface area (Å²) in [7, 11) is 0. The summed E-state index contributed by atoms with van der Waals surface area (Å²) in [6.07, 6.45) is 6.13. The maximum Gasteiger partial charge on any atom is 0.233 e. The van der Waals surface area contributed by atoms with Crippen LogP contribution in [0.2, 0.25) is 0 Å². The molecular formula is C22H28N2O3. The van der Waals surface area contributed by atoms with Crippen molar-refractivity contribution >= 4 is 17.7 Å². The number of hydrogen-bond donors (Lipinski definition) is 1. The lowest BCUT2D eigenvalue weighted by atomic mass is 9.85. The molecule has 0 bridgehead atoms. The van der Waals surface area contributed by atoms with Crippen molar-refractivity contribution < 1.29 is 14.4 Å². The summed E-state index contributed by atoms with van der Waals surface area (Å²) in [5, 5.41) is 3.06. The van der Waals surface area contributed by atoms with Crippen LogP contribution in [0.3, 0.4) is 0 Å². The van der Waals surface area contributed by atoms with Crippen molar-refractivity contribution in [2.24, 2.45) is 11.8 Å². The van der Waals surface area contributed by atoms with Gasteiger partial charge in [0.15, 0.2) is 0 Å². The summed E-state index contributed by atoms with van der Waals surface area (Å²) in [5.74, 6) is -0.837. The minimum absolute atomic E-state index is 0.0603. The molecule has 1 aliphatic carbocycles. The van der Waals surface area contributed by atoms with Crippen LogP contribution >= 0.6 is 0 Å². The van der Waals surface area contributed by atoms with Crippen LogP contribution in [-0.2, 0) is 14.4 Å². The minimum Gasteiger partial charge on any atom is -0.349 e. The number of nitrogens with zero attached hydrogens (tertiary/aromatic N) is 1. The normalized spacial score (nSPS) is 22.7. The standard InChI is InChI=1S/C22H28N2O3/c1-4-19(16-10-9-14(2)13-15(16)3)23-20(25)11-12-24-21(26)17-7-5-6-8-18(17)22(24)27/h5-6,9-10,13,17-19H,4,7-8,11-12H2,1-3H3,(H,23,25)/t17-,18+,19?. The van der Waals surface area contributed by atoms with Crippen LogP contribution in [-0.4, -0.2) is 29.2 Å². The summed E-state index contributed by atoms with van der Waals surface area (Å²) in [6, 6.07) is 6.16. The van der Waals surface area contributed by atoms with E-state index in [0.29, 0.717) is 12.8 Å². The zero-order chi connectivity index (χ0) is 19.6. The molecule has 3 atom stereocenters. The molecular weight excluding hydrogens is 340 g/mol. The molecule has 1 heterocycles. The number of carbonyl (C=O) groups is 3. The summed E-state index contributed by atoms with van der Waals surface area (Å²) in [6.45, 7) is 6.30. The first-order valence-electron chi connectivity index (χ1n) is 9.79. The molecule has 2 aliphatic rings. The van der Waals surface area contributed by atoms with Crippen molar-refractivity contribution in [1.82, 2.24) is 10.2 Å². The van der Waals surface area contributed by atoms with Gasteiger partial charge in [-0.15, -0.1) is 0 Å². The van der Waals surface area contributed by atoms with Gasteiger partial charge in [-0.25, -0.2) is 0 Å². The van der Waals surface area contributed by atoms with Gasteiger partial charge in [-0.3, -0.25) is 19.3 Å². The Morgan fingerprint density at radius 3 is 2.33 bits per heavy atom. The summed E-state index contributed by atoms with van der Waals surface area (Å²) < 4.78 is 0. The van der Waals surface area contributed by atoms with Crippen LogP contribution in [0.25, 0.3) is 0 Å². The Balaban J connectivity index is 1.59. The SMILES string of the molecule is CCC(NC(=O)CCN1C(=O)[C@H]2CC=CC[C@H]2C1=O)c1ccc(C)cc1C. The van der Waals surface area contributed by atoms with Gasteiger partial charge in [-0.05, 0) is 44.2 Å². The largest absolute Gasteiger partial charge is 0.349 e. The fourth-order valence-electron chi connectivity index (χ4n) is 4.19. The molecule has 0 radical (unpaired) electrons. The maximum atomic E-state index is 12.5. The van der Waals surface area contributed by atoms with Crippen LogP contribution in [0.4, 0.5) is 0 Å². The van der Waals surface area contributed by atoms with Crippen molar-refractivity contribution in [2.75, 3.05) is 6.54 Å². The number of aryl methyl sites for hydroxylation is 2. The zero-order valence-electron chi connectivity index (χ0n) is 16.3. The molecule has 0 saturated carbocycles. The van der Waals surface area contributed by atoms with E-state index >= 15 is 0 Å². The predicted molar refractivity (Wildman–Crippen MR) is 104 cm³/mol. The molecule has 27 heavy (non-hydrogen) atoms. The number of fused-ring (bicyclic) bond motifs is 1. The van der Waals surface area contributed by atoms with Gasteiger partial charge in [-0.1, -0.05) is 42.8 Å². The number of rotatable bonds is 6. The lowest BCUT2D eigenvalue weighted by Gasteiger charge is -2.21. The quantitative estimate of drug-likeness (QED) is 0.619. The summed E-state index contributed by atoms with van der Waals surface area (Å²) in [5.41, 5.74) is 3.46. The predicted octanol–water partition coefficient (Wildman–Crippen LogP) is 3.21. The third-order valence-corrected chi connectivity index (χ3v) is 5.71. The van der Waals surface area contributed by atoms with Crippen LogP contribution in [0.5, 0.6) is 0 Å². The lowest BCUT2D eigenvalue weighted by Crippen LogP contribution is -2.36. The van der Waals surface area contributed by atoms with Crippen molar-refractivity contribution in [3.05, 3.63) is 47.0 Å². The second-order valence-electron chi connectivity index (χ2n) is 7.62. The lowest BCUT2D eigenvalue weighted by molar-refractivity contribution is -0.140. The fraction of sp³-hybridized carbons (Fsp3) is 0.500. The fourth-order valence-corrected chi connectivity index (χ4v) is 4.19.